The third kappa shape index (κ3) is 2.17. The fourth-order valence-electron chi connectivity index (χ4n) is 1.20. The second kappa shape index (κ2) is 3.69. The summed E-state index contributed by atoms with van der Waals surface area (Å²) in [5.74, 6) is -1.57. The van der Waals surface area contributed by atoms with Crippen LogP contribution < -0.4 is 0 Å². The Morgan fingerprint density at radius 3 is 2.64 bits per heavy atom. The first-order valence-electron chi connectivity index (χ1n) is 3.70. The average Bonchev–Trinajstić information content (AvgIpc) is 2.13. The van der Waals surface area contributed by atoms with Crippen molar-refractivity contribution in [3.63, 3.8) is 0 Å². The van der Waals surface area contributed by atoms with Crippen molar-refractivity contribution >= 4 is 5.97 Å². The van der Waals surface area contributed by atoms with Crippen molar-refractivity contribution in [3.8, 4) is 0 Å². The number of ether oxygens (including phenoxy) is 1. The predicted molar refractivity (Wildman–Crippen MR) is 37.2 cm³/mol. The molecule has 2 N–H and O–H groups in total. The predicted octanol–water partition coefficient (Wildman–Crippen LogP) is -0.141. The van der Waals surface area contributed by atoms with Crippen LogP contribution in [0, 0.1) is 5.92 Å². The summed E-state index contributed by atoms with van der Waals surface area (Å²) in [5, 5.41) is 17.9. The third-order valence-electron chi connectivity index (χ3n) is 1.91. The number of rotatable bonds is 1. The maximum Gasteiger partial charge on any atom is 0.309 e. The Morgan fingerprint density at radius 2 is 2.00 bits per heavy atom. The fraction of sp³-hybridized carbons (Fsp3) is 0.857. The van der Waals surface area contributed by atoms with Gasteiger partial charge in [-0.3, -0.25) is 4.79 Å². The van der Waals surface area contributed by atoms with Crippen LogP contribution in [0.2, 0.25) is 0 Å². The first kappa shape index (κ1) is 8.49. The van der Waals surface area contributed by atoms with Crippen molar-refractivity contribution in [1.82, 2.24) is 0 Å². The topological polar surface area (TPSA) is 66.8 Å². The van der Waals surface area contributed by atoms with E-state index in [1.165, 1.54) is 0 Å². The quantitative estimate of drug-likeness (QED) is 0.560. The van der Waals surface area contributed by atoms with Crippen LogP contribution >= 0.6 is 0 Å². The Labute approximate surface area is 64.8 Å². The van der Waals surface area contributed by atoms with Crippen molar-refractivity contribution in [1.29, 1.82) is 0 Å². The van der Waals surface area contributed by atoms with Gasteiger partial charge in [-0.2, -0.15) is 0 Å². The van der Waals surface area contributed by atoms with E-state index < -0.39 is 18.0 Å². The van der Waals surface area contributed by atoms with Gasteiger partial charge in [0.15, 0.2) is 0 Å². The molecular formula is C7H12O4. The lowest BCUT2D eigenvalue weighted by Crippen LogP contribution is -2.27. The van der Waals surface area contributed by atoms with Crippen LogP contribution in [0.25, 0.3) is 0 Å². The zero-order valence-corrected chi connectivity index (χ0v) is 6.19. The number of aliphatic hydroxyl groups is 1. The summed E-state index contributed by atoms with van der Waals surface area (Å²) in [7, 11) is 0. The molecule has 0 spiro atoms. The minimum Gasteiger partial charge on any atom is -0.481 e. The maximum absolute atomic E-state index is 10.5. The highest BCUT2D eigenvalue weighted by atomic mass is 16.5. The monoisotopic (exact) mass is 160 g/mol. The summed E-state index contributed by atoms with van der Waals surface area (Å²) in [5.41, 5.74) is 0. The summed E-state index contributed by atoms with van der Waals surface area (Å²) >= 11 is 0. The Balaban J connectivity index is 2.52. The highest BCUT2D eigenvalue weighted by molar-refractivity contribution is 5.70. The summed E-state index contributed by atoms with van der Waals surface area (Å²) < 4.78 is 5.02. The Hall–Kier alpha value is -0.610. The lowest BCUT2D eigenvalue weighted by molar-refractivity contribution is -0.145. The molecule has 0 saturated carbocycles. The zero-order chi connectivity index (χ0) is 8.27. The second-order valence-corrected chi connectivity index (χ2v) is 2.70. The number of carboxylic acids is 1. The van der Waals surface area contributed by atoms with Gasteiger partial charge in [0.2, 0.25) is 0 Å². The van der Waals surface area contributed by atoms with Crippen LogP contribution in [0.5, 0.6) is 0 Å². The van der Waals surface area contributed by atoms with Gasteiger partial charge in [0.1, 0.15) is 0 Å². The van der Waals surface area contributed by atoms with E-state index >= 15 is 0 Å². The molecule has 0 bridgehead atoms. The van der Waals surface area contributed by atoms with Gasteiger partial charge in [0, 0.05) is 13.2 Å². The largest absolute Gasteiger partial charge is 0.481 e. The molecule has 4 heteroatoms. The summed E-state index contributed by atoms with van der Waals surface area (Å²) in [6.07, 6.45) is 0.1000. The Morgan fingerprint density at radius 1 is 1.36 bits per heavy atom. The van der Waals surface area contributed by atoms with E-state index in [1.807, 2.05) is 0 Å². The molecule has 0 aliphatic carbocycles. The molecular weight excluding hydrogens is 148 g/mol. The summed E-state index contributed by atoms with van der Waals surface area (Å²) in [4.78, 5) is 10.5. The smallest absolute Gasteiger partial charge is 0.309 e. The number of hydrogen-bond acceptors (Lipinski definition) is 3. The van der Waals surface area contributed by atoms with E-state index in [0.717, 1.165) is 0 Å². The first-order chi connectivity index (χ1) is 5.22. The lowest BCUT2D eigenvalue weighted by atomic mass is 9.98. The fourth-order valence-corrected chi connectivity index (χ4v) is 1.20. The molecule has 1 aliphatic rings. The average molecular weight is 160 g/mol. The van der Waals surface area contributed by atoms with Crippen molar-refractivity contribution < 1.29 is 19.7 Å². The molecule has 2 unspecified atom stereocenters. The van der Waals surface area contributed by atoms with Crippen LogP contribution in [0.4, 0.5) is 0 Å². The maximum atomic E-state index is 10.5. The number of carboxylic acid groups (broad SMARTS) is 1. The molecule has 11 heavy (non-hydrogen) atoms. The number of aliphatic carboxylic acids is 1. The summed E-state index contributed by atoms with van der Waals surface area (Å²) in [6, 6.07) is 0. The Kier molecular flexibility index (Phi) is 2.84. The van der Waals surface area contributed by atoms with Gasteiger partial charge < -0.3 is 14.9 Å². The van der Waals surface area contributed by atoms with E-state index in [0.29, 0.717) is 26.1 Å². The SMILES string of the molecule is O=C(O)C1CCOCCC1O. The highest BCUT2D eigenvalue weighted by Crippen LogP contribution is 2.16. The number of carbonyl (C=O) groups is 1. The van der Waals surface area contributed by atoms with Gasteiger partial charge in [0.05, 0.1) is 12.0 Å². The molecule has 0 aromatic rings. The van der Waals surface area contributed by atoms with Gasteiger partial charge >= 0.3 is 5.97 Å². The molecule has 0 amide bonds. The minimum atomic E-state index is -0.928. The van der Waals surface area contributed by atoms with Crippen molar-refractivity contribution in [3.05, 3.63) is 0 Å². The standard InChI is InChI=1S/C7H12O4/c8-6-2-4-11-3-1-5(6)7(9)10/h5-6,8H,1-4H2,(H,9,10). The van der Waals surface area contributed by atoms with E-state index in [1.54, 1.807) is 0 Å². The van der Waals surface area contributed by atoms with Crippen molar-refractivity contribution in [2.24, 2.45) is 5.92 Å². The number of aliphatic hydroxyl groups excluding tert-OH is 1. The van der Waals surface area contributed by atoms with E-state index in [9.17, 15) is 9.90 Å². The van der Waals surface area contributed by atoms with Gasteiger partial charge in [-0.15, -0.1) is 0 Å². The lowest BCUT2D eigenvalue weighted by Gasteiger charge is -2.13. The minimum absolute atomic E-state index is 0.413. The van der Waals surface area contributed by atoms with Gasteiger partial charge in [-0.25, -0.2) is 0 Å². The molecule has 0 aromatic carbocycles. The molecule has 1 rings (SSSR count). The normalized spacial score (nSPS) is 32.8. The van der Waals surface area contributed by atoms with Crippen LogP contribution in [0.1, 0.15) is 12.8 Å². The molecule has 2 atom stereocenters. The van der Waals surface area contributed by atoms with Gasteiger partial charge in [-0.05, 0) is 12.8 Å². The van der Waals surface area contributed by atoms with Gasteiger partial charge in [0.25, 0.3) is 0 Å². The first-order valence-corrected chi connectivity index (χ1v) is 3.70. The third-order valence-corrected chi connectivity index (χ3v) is 1.91. The number of hydrogen-bond donors (Lipinski definition) is 2. The van der Waals surface area contributed by atoms with Crippen molar-refractivity contribution in [2.45, 2.75) is 18.9 Å². The molecule has 1 heterocycles. The van der Waals surface area contributed by atoms with E-state index in [2.05, 4.69) is 0 Å². The van der Waals surface area contributed by atoms with Crippen molar-refractivity contribution in [2.75, 3.05) is 13.2 Å². The molecule has 64 valence electrons. The zero-order valence-electron chi connectivity index (χ0n) is 6.19. The van der Waals surface area contributed by atoms with Crippen LogP contribution in [0.3, 0.4) is 0 Å². The van der Waals surface area contributed by atoms with E-state index in [4.69, 9.17) is 9.84 Å². The highest BCUT2D eigenvalue weighted by Gasteiger charge is 2.27. The second-order valence-electron chi connectivity index (χ2n) is 2.70. The van der Waals surface area contributed by atoms with Crippen LogP contribution in [0.15, 0.2) is 0 Å². The summed E-state index contributed by atoms with van der Waals surface area (Å²) in [6.45, 7) is 0.902. The molecule has 0 radical (unpaired) electrons. The van der Waals surface area contributed by atoms with Crippen LogP contribution in [-0.2, 0) is 9.53 Å². The van der Waals surface area contributed by atoms with Crippen LogP contribution in [-0.4, -0.2) is 35.5 Å². The molecule has 1 aliphatic heterocycles. The molecule has 1 saturated heterocycles. The van der Waals surface area contributed by atoms with E-state index in [-0.39, 0.29) is 0 Å². The molecule has 1 fully saturated rings. The Bertz CT molecular complexity index is 145. The molecule has 0 aromatic heterocycles. The molecule has 4 nitrogen and oxygen atoms in total. The van der Waals surface area contributed by atoms with Gasteiger partial charge in [-0.1, -0.05) is 0 Å².